The highest BCUT2D eigenvalue weighted by Gasteiger charge is 2.70. The summed E-state index contributed by atoms with van der Waals surface area (Å²) in [6.07, 6.45) is 6.78. The Hall–Kier alpha value is -0.200. The second-order valence-electron chi connectivity index (χ2n) is 13.4. The molecule has 4 saturated carbocycles. The molecule has 2 aliphatic heterocycles. The van der Waals surface area contributed by atoms with Gasteiger partial charge in [-0.25, -0.2) is 0 Å². The molecule has 0 radical (unpaired) electrons. The van der Waals surface area contributed by atoms with E-state index in [-0.39, 0.29) is 22.9 Å². The summed E-state index contributed by atoms with van der Waals surface area (Å²) in [5.41, 5.74) is 0.379. The van der Waals surface area contributed by atoms with E-state index in [1.807, 2.05) is 0 Å². The van der Waals surface area contributed by atoms with Gasteiger partial charge in [-0.15, -0.1) is 0 Å². The van der Waals surface area contributed by atoms with E-state index in [2.05, 4.69) is 27.7 Å². The first-order valence-electron chi connectivity index (χ1n) is 13.5. The monoisotopic (exact) mass is 448 g/mol. The molecule has 2 saturated heterocycles. The van der Waals surface area contributed by atoms with Crippen LogP contribution in [0.3, 0.4) is 0 Å². The van der Waals surface area contributed by atoms with Crippen molar-refractivity contribution in [3.05, 3.63) is 0 Å². The van der Waals surface area contributed by atoms with E-state index < -0.39 is 24.1 Å². The number of rotatable bonds is 0. The first-order chi connectivity index (χ1) is 15.1. The summed E-state index contributed by atoms with van der Waals surface area (Å²) in [6.45, 7) is 10.0. The van der Waals surface area contributed by atoms with E-state index in [1.54, 1.807) is 0 Å². The molecule has 0 amide bonds. The first-order valence-corrected chi connectivity index (χ1v) is 13.5. The summed E-state index contributed by atoms with van der Waals surface area (Å²) < 4.78 is 13.1. The molecule has 4 aliphatic carbocycles. The molecule has 5 heteroatoms. The molecule has 6 fully saturated rings. The van der Waals surface area contributed by atoms with Crippen molar-refractivity contribution in [2.24, 2.45) is 52.3 Å². The van der Waals surface area contributed by atoms with E-state index >= 15 is 0 Å². The Bertz CT molecular complexity index is 758. The third kappa shape index (κ3) is 2.75. The molecule has 6 rings (SSSR count). The van der Waals surface area contributed by atoms with Crippen LogP contribution in [-0.4, -0.2) is 52.1 Å². The Labute approximate surface area is 193 Å². The minimum absolute atomic E-state index is 0.146. The van der Waals surface area contributed by atoms with Crippen LogP contribution in [0.5, 0.6) is 0 Å². The third-order valence-electron chi connectivity index (χ3n) is 12.0. The van der Waals surface area contributed by atoms with Crippen molar-refractivity contribution >= 4 is 0 Å². The van der Waals surface area contributed by atoms with Gasteiger partial charge in [0.15, 0.2) is 5.79 Å². The molecular weight excluding hydrogens is 404 g/mol. The first kappa shape index (κ1) is 22.3. The molecule has 182 valence electrons. The largest absolute Gasteiger partial charge is 0.390 e. The van der Waals surface area contributed by atoms with Gasteiger partial charge in [0, 0.05) is 5.92 Å². The maximum atomic E-state index is 11.0. The van der Waals surface area contributed by atoms with Crippen molar-refractivity contribution in [1.29, 1.82) is 0 Å². The average Bonchev–Trinajstić information content (AvgIpc) is 3.18. The van der Waals surface area contributed by atoms with Gasteiger partial charge in [0.2, 0.25) is 0 Å². The van der Waals surface area contributed by atoms with E-state index in [0.717, 1.165) is 25.7 Å². The van der Waals surface area contributed by atoms with Gasteiger partial charge < -0.3 is 24.8 Å². The molecule has 0 aromatic heterocycles. The maximum absolute atomic E-state index is 11.0. The lowest BCUT2D eigenvalue weighted by molar-refractivity contribution is -0.316. The molecule has 0 unspecified atom stereocenters. The summed E-state index contributed by atoms with van der Waals surface area (Å²) in [5.74, 6) is 2.75. The molecule has 14 atom stereocenters. The van der Waals surface area contributed by atoms with Crippen LogP contribution >= 0.6 is 0 Å². The predicted molar refractivity (Wildman–Crippen MR) is 121 cm³/mol. The van der Waals surface area contributed by atoms with Crippen molar-refractivity contribution in [3.63, 3.8) is 0 Å². The fourth-order valence-corrected chi connectivity index (χ4v) is 10.4. The summed E-state index contributed by atoms with van der Waals surface area (Å²) in [7, 11) is 0. The Morgan fingerprint density at radius 2 is 1.62 bits per heavy atom. The molecule has 0 bridgehead atoms. The highest BCUT2D eigenvalue weighted by Crippen LogP contribution is 2.71. The average molecular weight is 449 g/mol. The molecule has 0 aromatic rings. The van der Waals surface area contributed by atoms with Gasteiger partial charge in [-0.1, -0.05) is 27.7 Å². The van der Waals surface area contributed by atoms with E-state index in [4.69, 9.17) is 9.47 Å². The number of hydrogen-bond donors (Lipinski definition) is 3. The zero-order valence-corrected chi connectivity index (χ0v) is 20.4. The van der Waals surface area contributed by atoms with Gasteiger partial charge in [0.25, 0.3) is 0 Å². The second kappa shape index (κ2) is 7.16. The fraction of sp³-hybridized carbons (Fsp3) is 1.00. The van der Waals surface area contributed by atoms with Crippen LogP contribution in [0, 0.1) is 52.3 Å². The SMILES string of the molecule is C[C@H]1CO[C@@]2(O[C@H]3C[C@H]4[C@@H]5CC[C@H]6C[C@@H](O)[C@H](O)C[C@]6(C)[C@H]5CC[C@]4(C)[C@H]3[C@@H]2C)[C@@H](O)C1. The highest BCUT2D eigenvalue weighted by molar-refractivity contribution is 5.16. The molecular formula is C27H44O5. The lowest BCUT2D eigenvalue weighted by Gasteiger charge is -2.61. The van der Waals surface area contributed by atoms with Gasteiger partial charge in [-0.3, -0.25) is 0 Å². The third-order valence-corrected chi connectivity index (χ3v) is 12.0. The lowest BCUT2D eigenvalue weighted by Crippen LogP contribution is -2.58. The van der Waals surface area contributed by atoms with Gasteiger partial charge in [-0.2, -0.15) is 0 Å². The quantitative estimate of drug-likeness (QED) is 0.526. The van der Waals surface area contributed by atoms with Gasteiger partial charge in [-0.05, 0) is 97.7 Å². The number of aliphatic hydroxyl groups is 3. The van der Waals surface area contributed by atoms with Gasteiger partial charge in [0.1, 0.15) is 6.10 Å². The second-order valence-corrected chi connectivity index (χ2v) is 13.4. The van der Waals surface area contributed by atoms with E-state index in [0.29, 0.717) is 42.1 Å². The number of aliphatic hydroxyl groups excluding tert-OH is 3. The summed E-state index contributed by atoms with van der Waals surface area (Å²) in [6, 6.07) is 0. The molecule has 5 nitrogen and oxygen atoms in total. The zero-order valence-electron chi connectivity index (χ0n) is 20.4. The number of fused-ring (bicyclic) bond motifs is 7. The fourth-order valence-electron chi connectivity index (χ4n) is 10.4. The smallest absolute Gasteiger partial charge is 0.197 e. The van der Waals surface area contributed by atoms with Crippen molar-refractivity contribution in [2.45, 2.75) is 109 Å². The molecule has 3 N–H and O–H groups in total. The lowest BCUT2D eigenvalue weighted by atomic mass is 9.44. The van der Waals surface area contributed by atoms with Gasteiger partial charge >= 0.3 is 0 Å². The zero-order chi connectivity index (χ0) is 22.6. The van der Waals surface area contributed by atoms with Crippen LogP contribution in [0.15, 0.2) is 0 Å². The van der Waals surface area contributed by atoms with Crippen LogP contribution in [0.2, 0.25) is 0 Å². The molecule has 1 spiro atoms. The van der Waals surface area contributed by atoms with Gasteiger partial charge in [0.05, 0.1) is 24.9 Å². The van der Waals surface area contributed by atoms with Crippen LogP contribution in [-0.2, 0) is 9.47 Å². The van der Waals surface area contributed by atoms with Crippen LogP contribution in [0.25, 0.3) is 0 Å². The normalized spacial score (nSPS) is 64.0. The molecule has 6 aliphatic rings. The van der Waals surface area contributed by atoms with Crippen molar-refractivity contribution in [3.8, 4) is 0 Å². The Morgan fingerprint density at radius 3 is 2.38 bits per heavy atom. The standard InChI is InChI=1S/C27H44O5/c1-14-9-23(30)27(31-13-14)15(2)24-22(32-27)11-19-17-6-5-16-10-20(28)21(29)12-26(16,4)18(17)7-8-25(19,24)3/h14-24,28-30H,5-13H2,1-4H3/t14-,15+,16+,17-,18+,19+,20-,21-,22+,23+,24+,25+,26+,27+/m1/s1. The van der Waals surface area contributed by atoms with E-state index in [9.17, 15) is 15.3 Å². The topological polar surface area (TPSA) is 79.2 Å². The summed E-state index contributed by atoms with van der Waals surface area (Å²) >= 11 is 0. The minimum Gasteiger partial charge on any atom is -0.390 e. The predicted octanol–water partition coefficient (Wildman–Crippen LogP) is 3.74. The minimum atomic E-state index is -0.806. The van der Waals surface area contributed by atoms with Crippen LogP contribution < -0.4 is 0 Å². The molecule has 0 aromatic carbocycles. The van der Waals surface area contributed by atoms with Crippen LogP contribution in [0.4, 0.5) is 0 Å². The molecule has 32 heavy (non-hydrogen) atoms. The number of hydrogen-bond acceptors (Lipinski definition) is 5. The Morgan fingerprint density at radius 1 is 0.844 bits per heavy atom. The summed E-state index contributed by atoms with van der Waals surface area (Å²) in [4.78, 5) is 0. The summed E-state index contributed by atoms with van der Waals surface area (Å²) in [5, 5.41) is 31.9. The highest BCUT2D eigenvalue weighted by atomic mass is 16.7. The van der Waals surface area contributed by atoms with E-state index in [1.165, 1.54) is 25.7 Å². The van der Waals surface area contributed by atoms with Crippen LogP contribution in [0.1, 0.15) is 79.1 Å². The van der Waals surface area contributed by atoms with Crippen molar-refractivity contribution in [1.82, 2.24) is 0 Å². The Balaban J connectivity index is 1.27. The Kier molecular flexibility index (Phi) is 4.99. The van der Waals surface area contributed by atoms with Crippen molar-refractivity contribution in [2.75, 3.05) is 6.61 Å². The maximum Gasteiger partial charge on any atom is 0.197 e. The van der Waals surface area contributed by atoms with Crippen molar-refractivity contribution < 1.29 is 24.8 Å². The molecule has 2 heterocycles. The number of ether oxygens (including phenoxy) is 2.